The maximum Gasteiger partial charge on any atom is 0.136 e. The van der Waals surface area contributed by atoms with E-state index < -0.39 is 0 Å². The van der Waals surface area contributed by atoms with Crippen LogP contribution in [0.1, 0.15) is 32.6 Å². The molecule has 2 unspecified atom stereocenters. The number of hydrogen-bond donors (Lipinski definition) is 0. The summed E-state index contributed by atoms with van der Waals surface area (Å²) in [5.74, 6) is 1.38. The summed E-state index contributed by atoms with van der Waals surface area (Å²) in [6, 6.07) is 0. The summed E-state index contributed by atoms with van der Waals surface area (Å²) in [5, 5.41) is 0. The molecule has 1 aliphatic carbocycles. The summed E-state index contributed by atoms with van der Waals surface area (Å²) < 4.78 is 10.3. The minimum absolute atomic E-state index is 0.247. The van der Waals surface area contributed by atoms with Gasteiger partial charge in [0.1, 0.15) is 5.78 Å². The van der Waals surface area contributed by atoms with Gasteiger partial charge in [0.2, 0.25) is 0 Å². The molecule has 88 valence electrons. The lowest BCUT2D eigenvalue weighted by atomic mass is 9.80. The standard InChI is InChI=1S/C12H22O3/c1-10-3-4-12(13)11(9-10)5-6-15-8-7-14-2/h10-11H,3-9H2,1-2H3. The van der Waals surface area contributed by atoms with Crippen LogP contribution in [-0.2, 0) is 14.3 Å². The zero-order valence-electron chi connectivity index (χ0n) is 9.83. The summed E-state index contributed by atoms with van der Waals surface area (Å²) in [4.78, 5) is 11.6. The monoisotopic (exact) mass is 214 g/mol. The first-order valence-electron chi connectivity index (χ1n) is 5.83. The Morgan fingerprint density at radius 1 is 1.33 bits per heavy atom. The molecular weight excluding hydrogens is 192 g/mol. The van der Waals surface area contributed by atoms with Crippen LogP contribution in [-0.4, -0.2) is 32.7 Å². The van der Waals surface area contributed by atoms with E-state index in [2.05, 4.69) is 6.92 Å². The van der Waals surface area contributed by atoms with E-state index in [1.165, 1.54) is 0 Å². The normalized spacial score (nSPS) is 26.9. The number of methoxy groups -OCH3 is 1. The second-order valence-electron chi connectivity index (χ2n) is 4.44. The van der Waals surface area contributed by atoms with Crippen LogP contribution in [0.25, 0.3) is 0 Å². The van der Waals surface area contributed by atoms with Gasteiger partial charge < -0.3 is 9.47 Å². The maximum absolute atomic E-state index is 11.6. The molecule has 0 saturated heterocycles. The van der Waals surface area contributed by atoms with Crippen LogP contribution in [0.4, 0.5) is 0 Å². The van der Waals surface area contributed by atoms with Crippen molar-refractivity contribution in [1.29, 1.82) is 0 Å². The zero-order valence-corrected chi connectivity index (χ0v) is 9.83. The molecule has 1 saturated carbocycles. The van der Waals surface area contributed by atoms with Gasteiger partial charge in [-0.3, -0.25) is 4.79 Å². The van der Waals surface area contributed by atoms with Gasteiger partial charge in [-0.15, -0.1) is 0 Å². The van der Waals surface area contributed by atoms with E-state index in [0.29, 0.717) is 31.5 Å². The molecule has 0 aromatic heterocycles. The predicted molar refractivity (Wildman–Crippen MR) is 58.8 cm³/mol. The molecule has 0 aliphatic heterocycles. The van der Waals surface area contributed by atoms with Crippen molar-refractivity contribution in [2.75, 3.05) is 26.9 Å². The Hall–Kier alpha value is -0.410. The van der Waals surface area contributed by atoms with Crippen molar-refractivity contribution in [2.24, 2.45) is 11.8 Å². The summed E-state index contributed by atoms with van der Waals surface area (Å²) in [7, 11) is 1.66. The smallest absolute Gasteiger partial charge is 0.136 e. The van der Waals surface area contributed by atoms with E-state index in [4.69, 9.17) is 9.47 Å². The van der Waals surface area contributed by atoms with Crippen LogP contribution >= 0.6 is 0 Å². The van der Waals surface area contributed by atoms with Crippen LogP contribution in [0.2, 0.25) is 0 Å². The number of ether oxygens (including phenoxy) is 2. The summed E-state index contributed by atoms with van der Waals surface area (Å²) in [6.07, 6.45) is 3.77. The first kappa shape index (κ1) is 12.7. The minimum atomic E-state index is 0.247. The van der Waals surface area contributed by atoms with Gasteiger partial charge in [-0.1, -0.05) is 6.92 Å². The van der Waals surface area contributed by atoms with Gasteiger partial charge in [0.05, 0.1) is 13.2 Å². The highest BCUT2D eigenvalue weighted by Gasteiger charge is 2.25. The molecule has 0 N–H and O–H groups in total. The lowest BCUT2D eigenvalue weighted by molar-refractivity contribution is -0.126. The third-order valence-electron chi connectivity index (χ3n) is 3.07. The molecule has 3 heteroatoms. The second-order valence-corrected chi connectivity index (χ2v) is 4.44. The Kier molecular flexibility index (Phi) is 5.88. The van der Waals surface area contributed by atoms with Crippen molar-refractivity contribution in [1.82, 2.24) is 0 Å². The van der Waals surface area contributed by atoms with Gasteiger partial charge in [-0.25, -0.2) is 0 Å². The van der Waals surface area contributed by atoms with E-state index in [9.17, 15) is 4.79 Å². The number of rotatable bonds is 6. The van der Waals surface area contributed by atoms with Crippen molar-refractivity contribution in [3.05, 3.63) is 0 Å². The highest BCUT2D eigenvalue weighted by atomic mass is 16.5. The molecule has 3 nitrogen and oxygen atoms in total. The van der Waals surface area contributed by atoms with E-state index in [0.717, 1.165) is 25.7 Å². The lowest BCUT2D eigenvalue weighted by Gasteiger charge is -2.25. The molecular formula is C12H22O3. The third-order valence-corrected chi connectivity index (χ3v) is 3.07. The SMILES string of the molecule is COCCOCCC1CC(C)CCC1=O. The molecule has 0 radical (unpaired) electrons. The fraction of sp³-hybridized carbons (Fsp3) is 0.917. The first-order valence-corrected chi connectivity index (χ1v) is 5.83. The Labute approximate surface area is 92.1 Å². The Morgan fingerprint density at radius 3 is 2.87 bits per heavy atom. The maximum atomic E-state index is 11.6. The van der Waals surface area contributed by atoms with Crippen molar-refractivity contribution < 1.29 is 14.3 Å². The molecule has 0 spiro atoms. The van der Waals surface area contributed by atoms with Crippen molar-refractivity contribution in [2.45, 2.75) is 32.6 Å². The lowest BCUT2D eigenvalue weighted by Crippen LogP contribution is -2.25. The summed E-state index contributed by atoms with van der Waals surface area (Å²) >= 11 is 0. The highest BCUT2D eigenvalue weighted by Crippen LogP contribution is 2.27. The van der Waals surface area contributed by atoms with Gasteiger partial charge in [-0.05, 0) is 25.2 Å². The average molecular weight is 214 g/mol. The van der Waals surface area contributed by atoms with E-state index in [-0.39, 0.29) is 5.92 Å². The Bertz CT molecular complexity index is 191. The molecule has 15 heavy (non-hydrogen) atoms. The molecule has 0 aromatic rings. The van der Waals surface area contributed by atoms with Crippen LogP contribution in [0.15, 0.2) is 0 Å². The zero-order chi connectivity index (χ0) is 11.1. The van der Waals surface area contributed by atoms with Crippen molar-refractivity contribution in [3.63, 3.8) is 0 Å². The number of carbonyl (C=O) groups excluding carboxylic acids is 1. The van der Waals surface area contributed by atoms with E-state index >= 15 is 0 Å². The largest absolute Gasteiger partial charge is 0.382 e. The molecule has 1 fully saturated rings. The average Bonchev–Trinajstić information content (AvgIpc) is 2.23. The number of hydrogen-bond acceptors (Lipinski definition) is 3. The number of Topliss-reactive ketones (excluding diaryl/α,β-unsaturated/α-hetero) is 1. The van der Waals surface area contributed by atoms with Gasteiger partial charge in [-0.2, -0.15) is 0 Å². The van der Waals surface area contributed by atoms with Crippen LogP contribution in [0.3, 0.4) is 0 Å². The van der Waals surface area contributed by atoms with Gasteiger partial charge >= 0.3 is 0 Å². The number of ketones is 1. The predicted octanol–water partition coefficient (Wildman–Crippen LogP) is 2.04. The van der Waals surface area contributed by atoms with Gasteiger partial charge in [0.25, 0.3) is 0 Å². The van der Waals surface area contributed by atoms with Gasteiger partial charge in [0.15, 0.2) is 0 Å². The van der Waals surface area contributed by atoms with Crippen molar-refractivity contribution >= 4 is 5.78 Å². The van der Waals surface area contributed by atoms with Gasteiger partial charge in [0, 0.05) is 26.1 Å². The molecule has 0 bridgehead atoms. The number of carbonyl (C=O) groups is 1. The molecule has 2 atom stereocenters. The first-order chi connectivity index (χ1) is 7.24. The molecule has 0 aromatic carbocycles. The molecule has 0 amide bonds. The topological polar surface area (TPSA) is 35.5 Å². The second kappa shape index (κ2) is 6.96. The fourth-order valence-corrected chi connectivity index (χ4v) is 2.08. The fourth-order valence-electron chi connectivity index (χ4n) is 2.08. The summed E-state index contributed by atoms with van der Waals surface area (Å²) in [5.41, 5.74) is 0. The third kappa shape index (κ3) is 4.76. The van der Waals surface area contributed by atoms with E-state index in [1.54, 1.807) is 7.11 Å². The molecule has 0 heterocycles. The minimum Gasteiger partial charge on any atom is -0.382 e. The Morgan fingerprint density at radius 2 is 2.13 bits per heavy atom. The Balaban J connectivity index is 2.11. The van der Waals surface area contributed by atoms with Crippen LogP contribution < -0.4 is 0 Å². The van der Waals surface area contributed by atoms with Crippen LogP contribution in [0.5, 0.6) is 0 Å². The molecule has 1 rings (SSSR count). The van der Waals surface area contributed by atoms with Crippen molar-refractivity contribution in [3.8, 4) is 0 Å². The van der Waals surface area contributed by atoms with Crippen LogP contribution in [0, 0.1) is 11.8 Å². The van der Waals surface area contributed by atoms with E-state index in [1.807, 2.05) is 0 Å². The highest BCUT2D eigenvalue weighted by molar-refractivity contribution is 5.81. The quantitative estimate of drug-likeness (QED) is 0.635. The molecule has 1 aliphatic rings. The summed E-state index contributed by atoms with van der Waals surface area (Å²) in [6.45, 7) is 4.18.